The summed E-state index contributed by atoms with van der Waals surface area (Å²) in [7, 11) is 1.73. The van der Waals surface area contributed by atoms with Gasteiger partial charge in [-0.2, -0.15) is 0 Å². The van der Waals surface area contributed by atoms with E-state index in [1.807, 2.05) is 0 Å². The van der Waals surface area contributed by atoms with E-state index in [1.54, 1.807) is 18.9 Å². The number of carbonyl (C=O) groups excluding carboxylic acids is 1. The third kappa shape index (κ3) is 5.57. The van der Waals surface area contributed by atoms with Crippen molar-refractivity contribution in [1.82, 2.24) is 4.90 Å². The number of hydrogen-bond donors (Lipinski definition) is 1. The van der Waals surface area contributed by atoms with Crippen molar-refractivity contribution in [2.24, 2.45) is 11.7 Å². The van der Waals surface area contributed by atoms with Crippen LogP contribution in [0.3, 0.4) is 0 Å². The van der Waals surface area contributed by atoms with E-state index < -0.39 is 6.10 Å². The lowest BCUT2D eigenvalue weighted by Gasteiger charge is -2.24. The Morgan fingerprint density at radius 3 is 2.59 bits per heavy atom. The Bertz CT molecular complexity index is 511. The third-order valence-electron chi connectivity index (χ3n) is 3.58. The normalized spacial score (nSPS) is 13.8. The highest BCUT2D eigenvalue weighted by Crippen LogP contribution is 2.26. The van der Waals surface area contributed by atoms with Crippen LogP contribution in [0.1, 0.15) is 27.2 Å². The fraction of sp³-hybridized carbons (Fsp3) is 0.562. The summed E-state index contributed by atoms with van der Waals surface area (Å²) < 4.78 is 19.1. The molecule has 2 unspecified atom stereocenters. The Morgan fingerprint density at radius 1 is 1.41 bits per heavy atom. The zero-order valence-electron chi connectivity index (χ0n) is 13.5. The first-order valence-electron chi connectivity index (χ1n) is 7.34. The van der Waals surface area contributed by atoms with E-state index in [0.717, 1.165) is 6.42 Å². The number of amides is 1. The van der Waals surface area contributed by atoms with Crippen molar-refractivity contribution in [3.05, 3.63) is 28.5 Å². The molecule has 22 heavy (non-hydrogen) atoms. The molecule has 1 aromatic rings. The molecule has 2 atom stereocenters. The maximum absolute atomic E-state index is 13.0. The summed E-state index contributed by atoms with van der Waals surface area (Å²) in [6, 6.07) is 4.16. The molecule has 0 heterocycles. The van der Waals surface area contributed by atoms with E-state index in [-0.39, 0.29) is 17.8 Å². The zero-order chi connectivity index (χ0) is 16.9. The Balaban J connectivity index is 2.57. The quantitative estimate of drug-likeness (QED) is 0.797. The molecule has 0 saturated heterocycles. The number of nitrogens with two attached hydrogens (primary N) is 1. The van der Waals surface area contributed by atoms with E-state index in [9.17, 15) is 9.18 Å². The van der Waals surface area contributed by atoms with Crippen LogP contribution in [0.2, 0.25) is 0 Å². The third-order valence-corrected chi connectivity index (χ3v) is 4.20. The predicted molar refractivity (Wildman–Crippen MR) is 89.3 cm³/mol. The van der Waals surface area contributed by atoms with Crippen LogP contribution in [-0.2, 0) is 4.79 Å². The molecule has 124 valence electrons. The lowest BCUT2D eigenvalue weighted by atomic mass is 10.0. The highest BCUT2D eigenvalue weighted by Gasteiger charge is 2.21. The van der Waals surface area contributed by atoms with E-state index in [4.69, 9.17) is 10.5 Å². The van der Waals surface area contributed by atoms with E-state index in [2.05, 4.69) is 29.8 Å². The van der Waals surface area contributed by atoms with Gasteiger partial charge in [0.2, 0.25) is 0 Å². The summed E-state index contributed by atoms with van der Waals surface area (Å²) >= 11 is 3.22. The molecule has 0 fully saturated rings. The number of rotatable bonds is 7. The van der Waals surface area contributed by atoms with Gasteiger partial charge in [-0.3, -0.25) is 4.79 Å². The molecule has 2 N–H and O–H groups in total. The molecule has 0 spiro atoms. The van der Waals surface area contributed by atoms with Gasteiger partial charge in [0.15, 0.2) is 6.10 Å². The highest BCUT2D eigenvalue weighted by molar-refractivity contribution is 9.10. The van der Waals surface area contributed by atoms with Crippen molar-refractivity contribution in [3.63, 3.8) is 0 Å². The Kier molecular flexibility index (Phi) is 7.29. The lowest BCUT2D eigenvalue weighted by molar-refractivity contribution is -0.136. The molecule has 0 bridgehead atoms. The van der Waals surface area contributed by atoms with Gasteiger partial charge in [0.05, 0.1) is 4.47 Å². The molecule has 0 aliphatic rings. The smallest absolute Gasteiger partial charge is 0.263 e. The van der Waals surface area contributed by atoms with Crippen molar-refractivity contribution in [2.45, 2.75) is 39.3 Å². The largest absolute Gasteiger partial charge is 0.480 e. The van der Waals surface area contributed by atoms with Gasteiger partial charge in [-0.15, -0.1) is 0 Å². The number of benzene rings is 1. The minimum atomic E-state index is -0.651. The first-order chi connectivity index (χ1) is 10.2. The number of nitrogens with zero attached hydrogens (tertiary/aromatic N) is 1. The van der Waals surface area contributed by atoms with Gasteiger partial charge in [0, 0.05) is 19.6 Å². The van der Waals surface area contributed by atoms with E-state index in [0.29, 0.717) is 22.7 Å². The van der Waals surface area contributed by atoms with Gasteiger partial charge < -0.3 is 15.4 Å². The summed E-state index contributed by atoms with van der Waals surface area (Å²) in [4.78, 5) is 13.9. The molecular formula is C16H24BrFN2O2. The fourth-order valence-electron chi connectivity index (χ4n) is 1.91. The van der Waals surface area contributed by atoms with Crippen LogP contribution in [0.25, 0.3) is 0 Å². The molecule has 0 saturated carbocycles. The van der Waals surface area contributed by atoms with Gasteiger partial charge in [-0.1, -0.05) is 13.8 Å². The first-order valence-corrected chi connectivity index (χ1v) is 8.14. The second-order valence-electron chi connectivity index (χ2n) is 5.79. The second kappa shape index (κ2) is 8.48. The molecule has 0 aromatic heterocycles. The molecule has 6 heteroatoms. The standard InChI is InChI=1S/C16H24BrFN2O2/c1-10(2)14(19)7-8-20(4)16(21)11(3)22-15-6-5-12(18)9-13(15)17/h5-6,9-11,14H,7-8,19H2,1-4H3. The average molecular weight is 375 g/mol. The van der Waals surface area contributed by atoms with Crippen LogP contribution in [0.5, 0.6) is 5.75 Å². The second-order valence-corrected chi connectivity index (χ2v) is 6.65. The summed E-state index contributed by atoms with van der Waals surface area (Å²) in [6.45, 7) is 6.38. The predicted octanol–water partition coefficient (Wildman–Crippen LogP) is 3.19. The van der Waals surface area contributed by atoms with Gasteiger partial charge in [-0.05, 0) is 53.4 Å². The number of carbonyl (C=O) groups is 1. The van der Waals surface area contributed by atoms with Crippen LogP contribution in [0, 0.1) is 11.7 Å². The maximum atomic E-state index is 13.0. The molecule has 0 aliphatic carbocycles. The molecule has 1 rings (SSSR count). The SMILES string of the molecule is CC(Oc1ccc(F)cc1Br)C(=O)N(C)CCC(N)C(C)C. The van der Waals surface area contributed by atoms with Crippen LogP contribution < -0.4 is 10.5 Å². The summed E-state index contributed by atoms with van der Waals surface area (Å²) in [5.41, 5.74) is 5.99. The van der Waals surface area contributed by atoms with Gasteiger partial charge in [0.1, 0.15) is 11.6 Å². The minimum Gasteiger partial charge on any atom is -0.480 e. The Morgan fingerprint density at radius 2 is 2.05 bits per heavy atom. The first kappa shape index (κ1) is 18.9. The number of halogens is 2. The number of likely N-dealkylation sites (N-methyl/N-ethyl adjacent to an activating group) is 1. The zero-order valence-corrected chi connectivity index (χ0v) is 15.1. The molecule has 1 aromatic carbocycles. The minimum absolute atomic E-state index is 0.0673. The van der Waals surface area contributed by atoms with Crippen LogP contribution in [-0.4, -0.2) is 36.5 Å². The van der Waals surface area contributed by atoms with Crippen molar-refractivity contribution in [2.75, 3.05) is 13.6 Å². The molecule has 0 radical (unpaired) electrons. The van der Waals surface area contributed by atoms with Crippen molar-refractivity contribution in [1.29, 1.82) is 0 Å². The Labute approximate surface area is 139 Å². The maximum Gasteiger partial charge on any atom is 0.263 e. The summed E-state index contributed by atoms with van der Waals surface area (Å²) in [5.74, 6) is 0.326. The topological polar surface area (TPSA) is 55.6 Å². The van der Waals surface area contributed by atoms with Crippen LogP contribution >= 0.6 is 15.9 Å². The highest BCUT2D eigenvalue weighted by atomic mass is 79.9. The lowest BCUT2D eigenvalue weighted by Crippen LogP contribution is -2.40. The molecule has 1 amide bonds. The average Bonchev–Trinajstić information content (AvgIpc) is 2.46. The monoisotopic (exact) mass is 374 g/mol. The Hall–Kier alpha value is -1.14. The van der Waals surface area contributed by atoms with Crippen LogP contribution in [0.15, 0.2) is 22.7 Å². The van der Waals surface area contributed by atoms with Gasteiger partial charge in [0.25, 0.3) is 5.91 Å². The van der Waals surface area contributed by atoms with Crippen molar-refractivity contribution in [3.8, 4) is 5.75 Å². The molecular weight excluding hydrogens is 351 g/mol. The molecule has 0 aliphatic heterocycles. The number of ether oxygens (including phenoxy) is 1. The van der Waals surface area contributed by atoms with Gasteiger partial charge >= 0.3 is 0 Å². The van der Waals surface area contributed by atoms with E-state index in [1.165, 1.54) is 18.2 Å². The molecule has 4 nitrogen and oxygen atoms in total. The number of hydrogen-bond acceptors (Lipinski definition) is 3. The summed E-state index contributed by atoms with van der Waals surface area (Å²) in [6.07, 6.45) is 0.0920. The van der Waals surface area contributed by atoms with Crippen molar-refractivity contribution >= 4 is 21.8 Å². The van der Waals surface area contributed by atoms with Crippen LogP contribution in [0.4, 0.5) is 4.39 Å². The summed E-state index contributed by atoms with van der Waals surface area (Å²) in [5, 5.41) is 0. The van der Waals surface area contributed by atoms with E-state index >= 15 is 0 Å². The van der Waals surface area contributed by atoms with Gasteiger partial charge in [-0.25, -0.2) is 4.39 Å². The van der Waals surface area contributed by atoms with Crippen molar-refractivity contribution < 1.29 is 13.9 Å². The fourth-order valence-corrected chi connectivity index (χ4v) is 2.35.